The molecule has 0 aromatic carbocycles. The molecule has 1 fully saturated rings. The lowest BCUT2D eigenvalue weighted by Crippen LogP contribution is -2.26. The first-order chi connectivity index (χ1) is 6.16. The summed E-state index contributed by atoms with van der Waals surface area (Å²) < 4.78 is 0. The van der Waals surface area contributed by atoms with Crippen LogP contribution in [0.5, 0.6) is 0 Å². The van der Waals surface area contributed by atoms with Crippen molar-refractivity contribution in [3.63, 3.8) is 0 Å². The lowest BCUT2D eigenvalue weighted by atomic mass is 10.0. The SMILES string of the molecule is Cc1cnc(C2CC(C)NC2C)s1. The summed E-state index contributed by atoms with van der Waals surface area (Å²) in [7, 11) is 0. The normalized spacial score (nSPS) is 33.9. The highest BCUT2D eigenvalue weighted by atomic mass is 32.1. The Morgan fingerprint density at radius 2 is 2.31 bits per heavy atom. The molecular weight excluding hydrogens is 180 g/mol. The average Bonchev–Trinajstić information content (AvgIpc) is 2.58. The smallest absolute Gasteiger partial charge is 0.0974 e. The molecule has 0 amide bonds. The highest BCUT2D eigenvalue weighted by molar-refractivity contribution is 7.11. The zero-order chi connectivity index (χ0) is 9.42. The quantitative estimate of drug-likeness (QED) is 0.745. The standard InChI is InChI=1S/C10H16N2S/c1-6-4-9(8(3)12-6)10-11-5-7(2)13-10/h5-6,8-9,12H,4H2,1-3H3. The van der Waals surface area contributed by atoms with Crippen LogP contribution < -0.4 is 5.32 Å². The number of nitrogens with zero attached hydrogens (tertiary/aromatic N) is 1. The molecular formula is C10H16N2S. The van der Waals surface area contributed by atoms with Crippen molar-refractivity contribution in [1.29, 1.82) is 0 Å². The van der Waals surface area contributed by atoms with Gasteiger partial charge in [0.25, 0.3) is 0 Å². The molecule has 1 saturated heterocycles. The maximum absolute atomic E-state index is 4.46. The van der Waals surface area contributed by atoms with Gasteiger partial charge in [-0.25, -0.2) is 4.98 Å². The number of aromatic nitrogens is 1. The predicted molar refractivity (Wildman–Crippen MR) is 56.3 cm³/mol. The summed E-state index contributed by atoms with van der Waals surface area (Å²) in [5.41, 5.74) is 0. The third-order valence-corrected chi connectivity index (χ3v) is 3.76. The largest absolute Gasteiger partial charge is 0.311 e. The van der Waals surface area contributed by atoms with Gasteiger partial charge < -0.3 is 5.32 Å². The fraction of sp³-hybridized carbons (Fsp3) is 0.700. The molecule has 1 aliphatic heterocycles. The third kappa shape index (κ3) is 1.76. The molecule has 0 saturated carbocycles. The summed E-state index contributed by atoms with van der Waals surface area (Å²) >= 11 is 1.84. The second-order valence-corrected chi connectivity index (χ2v) is 5.27. The van der Waals surface area contributed by atoms with Gasteiger partial charge in [0, 0.05) is 29.1 Å². The summed E-state index contributed by atoms with van der Waals surface area (Å²) in [6.45, 7) is 6.62. The summed E-state index contributed by atoms with van der Waals surface area (Å²) in [5.74, 6) is 0.633. The number of hydrogen-bond donors (Lipinski definition) is 1. The summed E-state index contributed by atoms with van der Waals surface area (Å²) in [6, 6.07) is 1.23. The minimum Gasteiger partial charge on any atom is -0.311 e. The van der Waals surface area contributed by atoms with Crippen LogP contribution >= 0.6 is 11.3 Å². The van der Waals surface area contributed by atoms with Gasteiger partial charge in [0.05, 0.1) is 5.01 Å². The first kappa shape index (κ1) is 9.16. The monoisotopic (exact) mass is 196 g/mol. The zero-order valence-electron chi connectivity index (χ0n) is 8.37. The lowest BCUT2D eigenvalue weighted by molar-refractivity contribution is 0.573. The molecule has 3 unspecified atom stereocenters. The Morgan fingerprint density at radius 1 is 1.54 bits per heavy atom. The molecule has 2 heterocycles. The summed E-state index contributed by atoms with van der Waals surface area (Å²) in [5, 5.41) is 4.85. The Morgan fingerprint density at radius 3 is 2.77 bits per heavy atom. The van der Waals surface area contributed by atoms with E-state index in [0.717, 1.165) is 0 Å². The van der Waals surface area contributed by atoms with Crippen LogP contribution in [0.15, 0.2) is 6.20 Å². The number of rotatable bonds is 1. The van der Waals surface area contributed by atoms with Crippen LogP contribution in [0.3, 0.4) is 0 Å². The van der Waals surface area contributed by atoms with Crippen LogP contribution in [0.25, 0.3) is 0 Å². The molecule has 0 radical (unpaired) electrons. The fourth-order valence-corrected chi connectivity index (χ4v) is 3.07. The van der Waals surface area contributed by atoms with Crippen molar-refractivity contribution in [3.8, 4) is 0 Å². The first-order valence-corrected chi connectivity index (χ1v) is 5.67. The Labute approximate surface area is 83.4 Å². The number of hydrogen-bond acceptors (Lipinski definition) is 3. The van der Waals surface area contributed by atoms with Crippen LogP contribution in [0.1, 0.15) is 36.1 Å². The molecule has 2 rings (SSSR count). The van der Waals surface area contributed by atoms with Crippen LogP contribution in [-0.4, -0.2) is 17.1 Å². The van der Waals surface area contributed by atoms with Crippen molar-refractivity contribution in [3.05, 3.63) is 16.1 Å². The van der Waals surface area contributed by atoms with Crippen molar-refractivity contribution in [2.45, 2.75) is 45.2 Å². The summed E-state index contributed by atoms with van der Waals surface area (Å²) in [4.78, 5) is 5.78. The van der Waals surface area contributed by atoms with Crippen molar-refractivity contribution < 1.29 is 0 Å². The number of nitrogens with one attached hydrogen (secondary N) is 1. The van der Waals surface area contributed by atoms with Crippen LogP contribution in [0, 0.1) is 6.92 Å². The van der Waals surface area contributed by atoms with Crippen molar-refractivity contribution >= 4 is 11.3 Å². The third-order valence-electron chi connectivity index (χ3n) is 2.71. The molecule has 0 aliphatic carbocycles. The molecule has 1 aromatic rings. The molecule has 0 spiro atoms. The van der Waals surface area contributed by atoms with Crippen LogP contribution in [0.4, 0.5) is 0 Å². The van der Waals surface area contributed by atoms with Crippen LogP contribution in [0.2, 0.25) is 0 Å². The lowest BCUT2D eigenvalue weighted by Gasteiger charge is -2.10. The highest BCUT2D eigenvalue weighted by Gasteiger charge is 2.30. The van der Waals surface area contributed by atoms with Gasteiger partial charge in [-0.1, -0.05) is 0 Å². The van der Waals surface area contributed by atoms with E-state index in [1.165, 1.54) is 16.3 Å². The van der Waals surface area contributed by atoms with Gasteiger partial charge in [0.15, 0.2) is 0 Å². The van der Waals surface area contributed by atoms with Crippen LogP contribution in [-0.2, 0) is 0 Å². The van der Waals surface area contributed by atoms with E-state index in [9.17, 15) is 0 Å². The van der Waals surface area contributed by atoms with Gasteiger partial charge in [0.2, 0.25) is 0 Å². The topological polar surface area (TPSA) is 24.9 Å². The average molecular weight is 196 g/mol. The Kier molecular flexibility index (Phi) is 2.39. The zero-order valence-corrected chi connectivity index (χ0v) is 9.19. The van der Waals surface area contributed by atoms with Gasteiger partial charge in [0.1, 0.15) is 0 Å². The maximum atomic E-state index is 4.46. The molecule has 3 heteroatoms. The van der Waals surface area contributed by atoms with E-state index in [4.69, 9.17) is 0 Å². The molecule has 3 atom stereocenters. The van der Waals surface area contributed by atoms with Gasteiger partial charge in [-0.3, -0.25) is 0 Å². The molecule has 0 bridgehead atoms. The second kappa shape index (κ2) is 3.39. The van der Waals surface area contributed by atoms with E-state index in [-0.39, 0.29) is 0 Å². The van der Waals surface area contributed by atoms with E-state index in [0.29, 0.717) is 18.0 Å². The Hall–Kier alpha value is -0.410. The van der Waals surface area contributed by atoms with Crippen molar-refractivity contribution in [2.75, 3.05) is 0 Å². The molecule has 1 aliphatic rings. The van der Waals surface area contributed by atoms with E-state index >= 15 is 0 Å². The fourth-order valence-electron chi connectivity index (χ4n) is 2.08. The van der Waals surface area contributed by atoms with Gasteiger partial charge in [-0.05, 0) is 27.2 Å². The minimum atomic E-state index is 0.584. The minimum absolute atomic E-state index is 0.584. The van der Waals surface area contributed by atoms with Gasteiger partial charge in [-0.15, -0.1) is 11.3 Å². The van der Waals surface area contributed by atoms with Gasteiger partial charge >= 0.3 is 0 Å². The first-order valence-electron chi connectivity index (χ1n) is 4.85. The Balaban J connectivity index is 2.17. The highest BCUT2D eigenvalue weighted by Crippen LogP contribution is 2.32. The maximum Gasteiger partial charge on any atom is 0.0974 e. The molecule has 2 nitrogen and oxygen atoms in total. The molecule has 1 aromatic heterocycles. The predicted octanol–water partition coefficient (Wildman–Crippen LogP) is 2.31. The van der Waals surface area contributed by atoms with Crippen molar-refractivity contribution in [2.24, 2.45) is 0 Å². The van der Waals surface area contributed by atoms with Crippen molar-refractivity contribution in [1.82, 2.24) is 10.3 Å². The number of aryl methyl sites for hydroxylation is 1. The Bertz CT molecular complexity index is 295. The second-order valence-electron chi connectivity index (χ2n) is 4.01. The van der Waals surface area contributed by atoms with Gasteiger partial charge in [-0.2, -0.15) is 0 Å². The van der Waals surface area contributed by atoms with E-state index < -0.39 is 0 Å². The van der Waals surface area contributed by atoms with E-state index in [1.807, 2.05) is 17.5 Å². The molecule has 72 valence electrons. The molecule has 1 N–H and O–H groups in total. The summed E-state index contributed by atoms with van der Waals surface area (Å²) in [6.07, 6.45) is 3.21. The number of thiazole rings is 1. The molecule has 13 heavy (non-hydrogen) atoms. The van der Waals surface area contributed by atoms with E-state index in [2.05, 4.69) is 31.1 Å². The van der Waals surface area contributed by atoms with E-state index in [1.54, 1.807) is 0 Å².